The number of aliphatic carboxylic acids is 1. The first-order chi connectivity index (χ1) is 12.7. The molecule has 1 unspecified atom stereocenters. The highest BCUT2D eigenvalue weighted by Crippen LogP contribution is 2.22. The summed E-state index contributed by atoms with van der Waals surface area (Å²) in [6, 6.07) is 10.9. The molecule has 0 heterocycles. The van der Waals surface area contributed by atoms with Crippen LogP contribution in [0.15, 0.2) is 48.5 Å². The summed E-state index contributed by atoms with van der Waals surface area (Å²) in [6.45, 7) is 3.66. The van der Waals surface area contributed by atoms with E-state index in [9.17, 15) is 23.9 Å². The Morgan fingerprint density at radius 1 is 1.11 bits per heavy atom. The molecule has 2 aromatic carbocycles. The van der Waals surface area contributed by atoms with E-state index in [-0.39, 0.29) is 17.0 Å². The number of hydrogen-bond donors (Lipinski definition) is 2. The second kappa shape index (κ2) is 7.99. The molecule has 2 N–H and O–H groups in total. The van der Waals surface area contributed by atoms with Crippen LogP contribution < -0.4 is 5.32 Å². The molecule has 0 aromatic heterocycles. The SMILES string of the molecule is CCN(C)C(=O)c1cccc(C(=O)NC(C)(C(=O)O)c2ccc(F)cc2)c1. The Bertz CT molecular complexity index is 867. The van der Waals surface area contributed by atoms with E-state index in [0.717, 1.165) is 12.1 Å². The van der Waals surface area contributed by atoms with Crippen molar-refractivity contribution in [2.75, 3.05) is 13.6 Å². The van der Waals surface area contributed by atoms with Crippen LogP contribution in [0.5, 0.6) is 0 Å². The molecule has 1 atom stereocenters. The van der Waals surface area contributed by atoms with Crippen LogP contribution in [0.3, 0.4) is 0 Å². The number of rotatable bonds is 6. The Morgan fingerprint density at radius 2 is 1.70 bits per heavy atom. The van der Waals surface area contributed by atoms with Crippen molar-refractivity contribution in [3.05, 3.63) is 71.0 Å². The summed E-state index contributed by atoms with van der Waals surface area (Å²) in [5, 5.41) is 12.1. The van der Waals surface area contributed by atoms with E-state index in [1.807, 2.05) is 6.92 Å². The Balaban J connectivity index is 2.32. The standard InChI is InChI=1S/C20H21FN2O4/c1-4-23(3)18(25)14-7-5-6-13(12-14)17(24)22-20(2,19(26)27)15-8-10-16(21)11-9-15/h5-12H,4H2,1-3H3,(H,22,24)(H,26,27). The molecule has 2 amide bonds. The molecular formula is C20H21FN2O4. The number of benzene rings is 2. The van der Waals surface area contributed by atoms with Gasteiger partial charge in [-0.05, 0) is 49.7 Å². The number of carboxylic acid groups (broad SMARTS) is 1. The number of nitrogens with zero attached hydrogens (tertiary/aromatic N) is 1. The molecule has 2 aromatic rings. The molecule has 0 saturated carbocycles. The van der Waals surface area contributed by atoms with Crippen molar-refractivity contribution in [3.8, 4) is 0 Å². The molecule has 0 fully saturated rings. The van der Waals surface area contributed by atoms with Gasteiger partial charge in [0.15, 0.2) is 5.54 Å². The molecule has 0 aliphatic heterocycles. The Morgan fingerprint density at radius 3 is 2.26 bits per heavy atom. The third kappa shape index (κ3) is 4.31. The first-order valence-electron chi connectivity index (χ1n) is 8.36. The highest BCUT2D eigenvalue weighted by Gasteiger charge is 2.37. The summed E-state index contributed by atoms with van der Waals surface area (Å²) in [7, 11) is 1.64. The minimum Gasteiger partial charge on any atom is -0.479 e. The molecule has 0 bridgehead atoms. The summed E-state index contributed by atoms with van der Waals surface area (Å²) < 4.78 is 13.1. The maximum absolute atomic E-state index is 13.1. The lowest BCUT2D eigenvalue weighted by atomic mass is 9.91. The number of carbonyl (C=O) groups excluding carboxylic acids is 2. The van der Waals surface area contributed by atoms with Crippen LogP contribution in [0, 0.1) is 5.82 Å². The fourth-order valence-corrected chi connectivity index (χ4v) is 2.49. The number of carbonyl (C=O) groups is 3. The molecular weight excluding hydrogens is 351 g/mol. The maximum atomic E-state index is 13.1. The number of carboxylic acids is 1. The van der Waals surface area contributed by atoms with Crippen molar-refractivity contribution < 1.29 is 23.9 Å². The van der Waals surface area contributed by atoms with E-state index in [2.05, 4.69) is 5.32 Å². The molecule has 142 valence electrons. The van der Waals surface area contributed by atoms with Crippen LogP contribution in [0.2, 0.25) is 0 Å². The summed E-state index contributed by atoms with van der Waals surface area (Å²) in [5.74, 6) is -2.70. The highest BCUT2D eigenvalue weighted by atomic mass is 19.1. The molecule has 0 spiro atoms. The van der Waals surface area contributed by atoms with E-state index in [4.69, 9.17) is 0 Å². The molecule has 2 rings (SSSR count). The first-order valence-corrected chi connectivity index (χ1v) is 8.36. The fourth-order valence-electron chi connectivity index (χ4n) is 2.49. The van der Waals surface area contributed by atoms with Gasteiger partial charge < -0.3 is 15.3 Å². The van der Waals surface area contributed by atoms with Crippen LogP contribution in [0.4, 0.5) is 4.39 Å². The zero-order valence-electron chi connectivity index (χ0n) is 15.3. The topological polar surface area (TPSA) is 86.7 Å². The lowest BCUT2D eigenvalue weighted by Gasteiger charge is -2.27. The number of amides is 2. The van der Waals surface area contributed by atoms with Crippen LogP contribution >= 0.6 is 0 Å². The van der Waals surface area contributed by atoms with Gasteiger partial charge in [-0.25, -0.2) is 9.18 Å². The monoisotopic (exact) mass is 372 g/mol. The van der Waals surface area contributed by atoms with Gasteiger partial charge in [0.25, 0.3) is 11.8 Å². The summed E-state index contributed by atoms with van der Waals surface area (Å²) in [5.41, 5.74) is -1.06. The summed E-state index contributed by atoms with van der Waals surface area (Å²) in [4.78, 5) is 38.2. The Hall–Kier alpha value is -3.22. The van der Waals surface area contributed by atoms with Crippen molar-refractivity contribution in [1.29, 1.82) is 0 Å². The Labute approximate surface area is 156 Å². The fraction of sp³-hybridized carbons (Fsp3) is 0.250. The minimum absolute atomic E-state index is 0.153. The van der Waals surface area contributed by atoms with Gasteiger partial charge in [-0.2, -0.15) is 0 Å². The molecule has 0 aliphatic carbocycles. The summed E-state index contributed by atoms with van der Waals surface area (Å²) in [6.07, 6.45) is 0. The third-order valence-electron chi connectivity index (χ3n) is 4.41. The molecule has 0 aliphatic rings. The molecule has 0 radical (unpaired) electrons. The van der Waals surface area contributed by atoms with Gasteiger partial charge in [-0.3, -0.25) is 9.59 Å². The van der Waals surface area contributed by atoms with Gasteiger partial charge >= 0.3 is 5.97 Å². The zero-order chi connectivity index (χ0) is 20.2. The van der Waals surface area contributed by atoms with E-state index in [1.165, 1.54) is 36.1 Å². The van der Waals surface area contributed by atoms with Crippen molar-refractivity contribution in [1.82, 2.24) is 10.2 Å². The van der Waals surface area contributed by atoms with Gasteiger partial charge in [0.2, 0.25) is 0 Å². The molecule has 7 heteroatoms. The molecule has 27 heavy (non-hydrogen) atoms. The predicted octanol–water partition coefficient (Wildman–Crippen LogP) is 2.65. The molecule has 0 saturated heterocycles. The van der Waals surface area contributed by atoms with E-state index >= 15 is 0 Å². The first kappa shape index (κ1) is 20.1. The Kier molecular flexibility index (Phi) is 5.95. The lowest BCUT2D eigenvalue weighted by Crippen LogP contribution is -2.49. The second-order valence-electron chi connectivity index (χ2n) is 6.29. The number of halogens is 1. The van der Waals surface area contributed by atoms with Gasteiger partial charge in [0.1, 0.15) is 5.82 Å². The lowest BCUT2D eigenvalue weighted by molar-refractivity contribution is -0.144. The van der Waals surface area contributed by atoms with Gasteiger partial charge in [-0.1, -0.05) is 18.2 Å². The van der Waals surface area contributed by atoms with Crippen LogP contribution in [0.25, 0.3) is 0 Å². The van der Waals surface area contributed by atoms with Crippen LogP contribution in [-0.4, -0.2) is 41.4 Å². The van der Waals surface area contributed by atoms with Crippen molar-refractivity contribution in [3.63, 3.8) is 0 Å². The van der Waals surface area contributed by atoms with E-state index in [0.29, 0.717) is 12.1 Å². The maximum Gasteiger partial charge on any atom is 0.333 e. The minimum atomic E-state index is -1.76. The quantitative estimate of drug-likeness (QED) is 0.816. The van der Waals surface area contributed by atoms with Crippen molar-refractivity contribution in [2.45, 2.75) is 19.4 Å². The van der Waals surface area contributed by atoms with E-state index in [1.54, 1.807) is 19.2 Å². The van der Waals surface area contributed by atoms with Crippen molar-refractivity contribution >= 4 is 17.8 Å². The van der Waals surface area contributed by atoms with Crippen LogP contribution in [0.1, 0.15) is 40.1 Å². The van der Waals surface area contributed by atoms with E-state index < -0.39 is 23.2 Å². The summed E-state index contributed by atoms with van der Waals surface area (Å²) >= 11 is 0. The number of hydrogen-bond acceptors (Lipinski definition) is 3. The smallest absolute Gasteiger partial charge is 0.333 e. The third-order valence-corrected chi connectivity index (χ3v) is 4.41. The largest absolute Gasteiger partial charge is 0.479 e. The van der Waals surface area contributed by atoms with Gasteiger partial charge in [0.05, 0.1) is 0 Å². The normalized spacial score (nSPS) is 12.7. The average Bonchev–Trinajstić information content (AvgIpc) is 2.67. The highest BCUT2D eigenvalue weighted by molar-refractivity contribution is 6.01. The predicted molar refractivity (Wildman–Crippen MR) is 97.9 cm³/mol. The average molecular weight is 372 g/mol. The van der Waals surface area contributed by atoms with Crippen LogP contribution in [-0.2, 0) is 10.3 Å². The molecule has 6 nitrogen and oxygen atoms in total. The number of nitrogens with one attached hydrogen (secondary N) is 1. The van der Waals surface area contributed by atoms with Crippen molar-refractivity contribution in [2.24, 2.45) is 0 Å². The second-order valence-corrected chi connectivity index (χ2v) is 6.29. The van der Waals surface area contributed by atoms with Gasteiger partial charge in [-0.15, -0.1) is 0 Å². The zero-order valence-corrected chi connectivity index (χ0v) is 15.3. The van der Waals surface area contributed by atoms with Gasteiger partial charge in [0, 0.05) is 24.7 Å².